The van der Waals surface area contributed by atoms with Gasteiger partial charge >= 0.3 is 0 Å². The number of benzene rings is 1. The minimum atomic E-state index is -0.697. The number of hydrogen-bond acceptors (Lipinski definition) is 3. The standard InChI is InChI=1S/C11H12FNO2/c12-10-4-2-9(3-5-10)11(8-13)15-7-1-6-14/h2-5,11,14H,1,6-7H2. The van der Waals surface area contributed by atoms with Crippen LogP contribution in [0.5, 0.6) is 0 Å². The third kappa shape index (κ3) is 3.66. The summed E-state index contributed by atoms with van der Waals surface area (Å²) in [6.45, 7) is 0.341. The first-order valence-electron chi connectivity index (χ1n) is 4.65. The molecule has 1 atom stereocenters. The van der Waals surface area contributed by atoms with Crippen molar-refractivity contribution in [3.05, 3.63) is 35.6 Å². The van der Waals surface area contributed by atoms with Crippen LogP contribution in [0.15, 0.2) is 24.3 Å². The van der Waals surface area contributed by atoms with Crippen molar-refractivity contribution < 1.29 is 14.2 Å². The molecule has 15 heavy (non-hydrogen) atoms. The first-order chi connectivity index (χ1) is 7.27. The van der Waals surface area contributed by atoms with Gasteiger partial charge in [-0.1, -0.05) is 12.1 Å². The van der Waals surface area contributed by atoms with Gasteiger partial charge < -0.3 is 9.84 Å². The number of ether oxygens (including phenoxy) is 1. The third-order valence-electron chi connectivity index (χ3n) is 1.88. The van der Waals surface area contributed by atoms with Gasteiger partial charge in [-0.25, -0.2) is 4.39 Å². The summed E-state index contributed by atoms with van der Waals surface area (Å²) in [4.78, 5) is 0. The van der Waals surface area contributed by atoms with Gasteiger partial charge in [0.15, 0.2) is 6.10 Å². The van der Waals surface area contributed by atoms with Gasteiger partial charge in [-0.15, -0.1) is 0 Å². The highest BCUT2D eigenvalue weighted by molar-refractivity contribution is 5.22. The fourth-order valence-corrected chi connectivity index (χ4v) is 1.11. The van der Waals surface area contributed by atoms with E-state index < -0.39 is 6.10 Å². The van der Waals surface area contributed by atoms with Crippen LogP contribution in [0, 0.1) is 17.1 Å². The molecule has 1 aromatic carbocycles. The van der Waals surface area contributed by atoms with Gasteiger partial charge in [-0.2, -0.15) is 5.26 Å². The van der Waals surface area contributed by atoms with Crippen LogP contribution in [-0.4, -0.2) is 18.3 Å². The Hall–Kier alpha value is -1.44. The minimum Gasteiger partial charge on any atom is -0.396 e. The molecule has 1 aromatic rings. The maximum atomic E-state index is 12.6. The molecule has 0 heterocycles. The summed E-state index contributed by atoms with van der Waals surface area (Å²) < 4.78 is 17.8. The minimum absolute atomic E-state index is 0.0293. The Morgan fingerprint density at radius 2 is 2.07 bits per heavy atom. The zero-order chi connectivity index (χ0) is 11.1. The summed E-state index contributed by atoms with van der Waals surface area (Å²) in [7, 11) is 0. The fourth-order valence-electron chi connectivity index (χ4n) is 1.11. The lowest BCUT2D eigenvalue weighted by molar-refractivity contribution is 0.0773. The van der Waals surface area contributed by atoms with E-state index in [4.69, 9.17) is 15.1 Å². The van der Waals surface area contributed by atoms with Crippen molar-refractivity contribution in [3.8, 4) is 6.07 Å². The van der Waals surface area contributed by atoms with E-state index in [0.717, 1.165) is 0 Å². The number of rotatable bonds is 5. The van der Waals surface area contributed by atoms with Gasteiger partial charge in [-0.3, -0.25) is 0 Å². The lowest BCUT2D eigenvalue weighted by Gasteiger charge is -2.10. The number of halogens is 1. The SMILES string of the molecule is N#CC(OCCCO)c1ccc(F)cc1. The fraction of sp³-hybridized carbons (Fsp3) is 0.364. The van der Waals surface area contributed by atoms with Crippen LogP contribution in [0.2, 0.25) is 0 Å². The molecule has 1 N–H and O–H groups in total. The first kappa shape index (κ1) is 11.6. The normalized spacial score (nSPS) is 12.1. The molecule has 1 unspecified atom stereocenters. The van der Waals surface area contributed by atoms with E-state index in [1.54, 1.807) is 0 Å². The van der Waals surface area contributed by atoms with E-state index in [1.165, 1.54) is 24.3 Å². The molecule has 0 aliphatic heterocycles. The van der Waals surface area contributed by atoms with Crippen LogP contribution in [0.3, 0.4) is 0 Å². The summed E-state index contributed by atoms with van der Waals surface area (Å²) in [5, 5.41) is 17.4. The highest BCUT2D eigenvalue weighted by atomic mass is 19.1. The van der Waals surface area contributed by atoms with Gasteiger partial charge in [0.25, 0.3) is 0 Å². The van der Waals surface area contributed by atoms with E-state index in [1.807, 2.05) is 6.07 Å². The summed E-state index contributed by atoms with van der Waals surface area (Å²) in [5.41, 5.74) is 0.622. The van der Waals surface area contributed by atoms with Crippen molar-refractivity contribution in [2.45, 2.75) is 12.5 Å². The molecule has 4 heteroatoms. The maximum Gasteiger partial charge on any atom is 0.169 e. The Labute approximate surface area is 87.7 Å². The highest BCUT2D eigenvalue weighted by Crippen LogP contribution is 2.16. The Kier molecular flexibility index (Phi) is 4.75. The van der Waals surface area contributed by atoms with Crippen molar-refractivity contribution in [2.24, 2.45) is 0 Å². The van der Waals surface area contributed by atoms with Crippen LogP contribution in [0.1, 0.15) is 18.1 Å². The van der Waals surface area contributed by atoms with Crippen molar-refractivity contribution in [2.75, 3.05) is 13.2 Å². The number of aliphatic hydroxyl groups is 1. The summed E-state index contributed by atoms with van der Waals surface area (Å²) in [6.07, 6.45) is -0.212. The second-order valence-corrected chi connectivity index (χ2v) is 3.01. The molecule has 0 spiro atoms. The molecule has 80 valence electrons. The van der Waals surface area contributed by atoms with Gasteiger partial charge in [0, 0.05) is 6.61 Å². The van der Waals surface area contributed by atoms with E-state index in [2.05, 4.69) is 0 Å². The molecule has 0 saturated heterocycles. The number of nitriles is 1. The molecule has 0 bridgehead atoms. The first-order valence-corrected chi connectivity index (χ1v) is 4.65. The molecule has 0 aliphatic carbocycles. The zero-order valence-corrected chi connectivity index (χ0v) is 8.19. The smallest absolute Gasteiger partial charge is 0.169 e. The lowest BCUT2D eigenvalue weighted by Crippen LogP contribution is -2.04. The Morgan fingerprint density at radius 3 is 2.60 bits per heavy atom. The topological polar surface area (TPSA) is 53.2 Å². The van der Waals surface area contributed by atoms with Crippen LogP contribution >= 0.6 is 0 Å². The van der Waals surface area contributed by atoms with Crippen LogP contribution in [-0.2, 0) is 4.74 Å². The molecule has 0 saturated carbocycles. The second kappa shape index (κ2) is 6.12. The quantitative estimate of drug-likeness (QED) is 0.752. The van der Waals surface area contributed by atoms with Crippen molar-refractivity contribution in [3.63, 3.8) is 0 Å². The third-order valence-corrected chi connectivity index (χ3v) is 1.88. The van der Waals surface area contributed by atoms with E-state index in [9.17, 15) is 4.39 Å². The molecule has 0 amide bonds. The molecule has 0 radical (unpaired) electrons. The number of hydrogen-bond donors (Lipinski definition) is 1. The van der Waals surface area contributed by atoms with E-state index in [-0.39, 0.29) is 12.4 Å². The van der Waals surface area contributed by atoms with Gasteiger partial charge in [-0.05, 0) is 24.1 Å². The van der Waals surface area contributed by atoms with Crippen molar-refractivity contribution >= 4 is 0 Å². The Balaban J connectivity index is 2.59. The van der Waals surface area contributed by atoms with E-state index >= 15 is 0 Å². The van der Waals surface area contributed by atoms with Crippen molar-refractivity contribution in [1.82, 2.24) is 0 Å². The number of nitrogens with zero attached hydrogens (tertiary/aromatic N) is 1. The monoisotopic (exact) mass is 209 g/mol. The Bertz CT molecular complexity index is 331. The van der Waals surface area contributed by atoms with Crippen LogP contribution in [0.4, 0.5) is 4.39 Å². The maximum absolute atomic E-state index is 12.6. The predicted molar refractivity (Wildman–Crippen MR) is 52.4 cm³/mol. The largest absolute Gasteiger partial charge is 0.396 e. The predicted octanol–water partition coefficient (Wildman–Crippen LogP) is 1.79. The van der Waals surface area contributed by atoms with Gasteiger partial charge in [0.05, 0.1) is 12.7 Å². The summed E-state index contributed by atoms with van der Waals surface area (Å²) in [5.74, 6) is -0.342. The molecule has 0 aromatic heterocycles. The zero-order valence-electron chi connectivity index (χ0n) is 8.19. The van der Waals surface area contributed by atoms with Gasteiger partial charge in [0.1, 0.15) is 5.82 Å². The van der Waals surface area contributed by atoms with E-state index in [0.29, 0.717) is 18.6 Å². The molecular formula is C11H12FNO2. The summed E-state index contributed by atoms with van der Waals surface area (Å²) in [6, 6.07) is 7.58. The van der Waals surface area contributed by atoms with Gasteiger partial charge in [0.2, 0.25) is 0 Å². The van der Waals surface area contributed by atoms with Crippen LogP contribution < -0.4 is 0 Å². The summed E-state index contributed by atoms with van der Waals surface area (Å²) >= 11 is 0. The van der Waals surface area contributed by atoms with Crippen LogP contribution in [0.25, 0.3) is 0 Å². The average molecular weight is 209 g/mol. The molecular weight excluding hydrogens is 197 g/mol. The number of aliphatic hydroxyl groups excluding tert-OH is 1. The lowest BCUT2D eigenvalue weighted by atomic mass is 10.1. The molecule has 3 nitrogen and oxygen atoms in total. The average Bonchev–Trinajstić information content (AvgIpc) is 2.26. The molecule has 0 aliphatic rings. The van der Waals surface area contributed by atoms with Crippen molar-refractivity contribution in [1.29, 1.82) is 5.26 Å². The molecule has 0 fully saturated rings. The second-order valence-electron chi connectivity index (χ2n) is 3.01. The molecule has 1 rings (SSSR count). The Morgan fingerprint density at radius 1 is 1.40 bits per heavy atom. The highest BCUT2D eigenvalue weighted by Gasteiger charge is 2.10.